The van der Waals surface area contributed by atoms with Crippen LogP contribution in [0.3, 0.4) is 0 Å². The van der Waals surface area contributed by atoms with Gasteiger partial charge in [-0.1, -0.05) is 36.0 Å². The van der Waals surface area contributed by atoms with Gasteiger partial charge in [0.1, 0.15) is 5.75 Å². The van der Waals surface area contributed by atoms with Crippen LogP contribution in [0.15, 0.2) is 53.7 Å². The fourth-order valence-corrected chi connectivity index (χ4v) is 3.35. The number of ether oxygens (including phenoxy) is 1. The van der Waals surface area contributed by atoms with Crippen LogP contribution in [0.4, 0.5) is 0 Å². The number of benzene rings is 2. The molecule has 0 saturated carbocycles. The molecule has 3 rings (SSSR count). The van der Waals surface area contributed by atoms with Crippen molar-refractivity contribution in [2.24, 2.45) is 0 Å². The molecule has 0 unspecified atom stereocenters. The number of thioether (sulfide) groups is 1. The summed E-state index contributed by atoms with van der Waals surface area (Å²) < 4.78 is 6.77. The Labute approximate surface area is 162 Å². The maximum Gasteiger partial charge on any atom is 0.233 e. The standard InChI is InChI=1S/C19H21N5O2S/c1-14-6-4-5-7-15(14)12-23(2)18(25)13-27-19-20-21-22-24(19)16-8-10-17(26-3)11-9-16/h4-11H,12-13H2,1-3H3. The molecule has 0 fully saturated rings. The van der Waals surface area contributed by atoms with E-state index in [9.17, 15) is 4.79 Å². The van der Waals surface area contributed by atoms with Gasteiger partial charge in [-0.2, -0.15) is 4.68 Å². The van der Waals surface area contributed by atoms with Crippen LogP contribution in [0, 0.1) is 6.92 Å². The monoisotopic (exact) mass is 383 g/mol. The number of tetrazole rings is 1. The predicted molar refractivity (Wildman–Crippen MR) is 104 cm³/mol. The molecule has 1 aromatic heterocycles. The molecule has 0 spiro atoms. The molecule has 0 atom stereocenters. The second-order valence-electron chi connectivity index (χ2n) is 6.04. The van der Waals surface area contributed by atoms with E-state index in [1.807, 2.05) is 62.5 Å². The first kappa shape index (κ1) is 18.9. The highest BCUT2D eigenvalue weighted by Crippen LogP contribution is 2.21. The average Bonchev–Trinajstić information content (AvgIpc) is 3.16. The Balaban J connectivity index is 1.62. The number of carbonyl (C=O) groups excluding carboxylic acids is 1. The van der Waals surface area contributed by atoms with Gasteiger partial charge in [0.25, 0.3) is 0 Å². The van der Waals surface area contributed by atoms with E-state index < -0.39 is 0 Å². The van der Waals surface area contributed by atoms with Crippen LogP contribution >= 0.6 is 11.8 Å². The second kappa shape index (κ2) is 8.68. The topological polar surface area (TPSA) is 73.1 Å². The fourth-order valence-electron chi connectivity index (χ4n) is 2.52. The average molecular weight is 383 g/mol. The van der Waals surface area contributed by atoms with E-state index in [1.165, 1.54) is 17.3 Å². The summed E-state index contributed by atoms with van der Waals surface area (Å²) in [6.07, 6.45) is 0. The smallest absolute Gasteiger partial charge is 0.233 e. The molecule has 0 aliphatic carbocycles. The molecule has 1 amide bonds. The molecule has 0 N–H and O–H groups in total. The summed E-state index contributed by atoms with van der Waals surface area (Å²) in [6.45, 7) is 2.63. The number of hydrogen-bond acceptors (Lipinski definition) is 6. The van der Waals surface area contributed by atoms with E-state index in [4.69, 9.17) is 4.74 Å². The van der Waals surface area contributed by atoms with Gasteiger partial charge in [-0.15, -0.1) is 5.10 Å². The molecule has 0 saturated heterocycles. The summed E-state index contributed by atoms with van der Waals surface area (Å²) in [5, 5.41) is 12.3. The molecule has 0 radical (unpaired) electrons. The van der Waals surface area contributed by atoms with E-state index in [2.05, 4.69) is 15.5 Å². The van der Waals surface area contributed by atoms with Crippen molar-refractivity contribution < 1.29 is 9.53 Å². The first-order valence-electron chi connectivity index (χ1n) is 8.42. The predicted octanol–water partition coefficient (Wildman–Crippen LogP) is 2.73. The summed E-state index contributed by atoms with van der Waals surface area (Å²) in [7, 11) is 3.42. The fraction of sp³-hybridized carbons (Fsp3) is 0.263. The van der Waals surface area contributed by atoms with Crippen LogP contribution in [0.25, 0.3) is 5.69 Å². The lowest BCUT2D eigenvalue weighted by Crippen LogP contribution is -2.28. The van der Waals surface area contributed by atoms with Crippen molar-refractivity contribution >= 4 is 17.7 Å². The van der Waals surface area contributed by atoms with Crippen molar-refractivity contribution in [3.63, 3.8) is 0 Å². The third-order valence-electron chi connectivity index (χ3n) is 4.18. The normalized spacial score (nSPS) is 10.6. The van der Waals surface area contributed by atoms with E-state index in [-0.39, 0.29) is 11.7 Å². The molecule has 1 heterocycles. The molecule has 7 nitrogen and oxygen atoms in total. The molecule has 3 aromatic rings. The van der Waals surface area contributed by atoms with Crippen molar-refractivity contribution in [1.29, 1.82) is 0 Å². The molecule has 8 heteroatoms. The zero-order valence-corrected chi connectivity index (χ0v) is 16.3. The molecular weight excluding hydrogens is 362 g/mol. The van der Waals surface area contributed by atoms with Gasteiger partial charge in [-0.25, -0.2) is 0 Å². The zero-order chi connectivity index (χ0) is 19.2. The van der Waals surface area contributed by atoms with Gasteiger partial charge in [-0.05, 0) is 52.7 Å². The number of nitrogens with zero attached hydrogens (tertiary/aromatic N) is 5. The highest BCUT2D eigenvalue weighted by molar-refractivity contribution is 7.99. The van der Waals surface area contributed by atoms with Crippen molar-refractivity contribution in [2.75, 3.05) is 19.9 Å². The summed E-state index contributed by atoms with van der Waals surface area (Å²) in [5.41, 5.74) is 3.12. The largest absolute Gasteiger partial charge is 0.497 e. The number of aromatic nitrogens is 4. The zero-order valence-electron chi connectivity index (χ0n) is 15.5. The van der Waals surface area contributed by atoms with Gasteiger partial charge in [-0.3, -0.25) is 4.79 Å². The Kier molecular flexibility index (Phi) is 6.08. The van der Waals surface area contributed by atoms with Gasteiger partial charge in [0.2, 0.25) is 11.1 Å². The summed E-state index contributed by atoms with van der Waals surface area (Å²) >= 11 is 1.31. The third kappa shape index (κ3) is 4.65. The van der Waals surface area contributed by atoms with Crippen LogP contribution in [-0.4, -0.2) is 50.9 Å². The quantitative estimate of drug-likeness (QED) is 0.584. The van der Waals surface area contributed by atoms with Gasteiger partial charge in [0.05, 0.1) is 18.6 Å². The molecule has 2 aromatic carbocycles. The van der Waals surface area contributed by atoms with Crippen LogP contribution in [0.5, 0.6) is 5.75 Å². The van der Waals surface area contributed by atoms with Crippen molar-refractivity contribution in [2.45, 2.75) is 18.6 Å². The Morgan fingerprint density at radius 1 is 1.19 bits per heavy atom. The first-order valence-corrected chi connectivity index (χ1v) is 9.41. The molecule has 140 valence electrons. The molecule has 0 aliphatic heterocycles. The van der Waals surface area contributed by atoms with Crippen molar-refractivity contribution in [3.05, 3.63) is 59.7 Å². The maximum atomic E-state index is 12.5. The highest BCUT2D eigenvalue weighted by Gasteiger charge is 2.15. The minimum absolute atomic E-state index is 0.0209. The summed E-state index contributed by atoms with van der Waals surface area (Å²) in [6, 6.07) is 15.5. The lowest BCUT2D eigenvalue weighted by Gasteiger charge is -2.18. The van der Waals surface area contributed by atoms with Crippen molar-refractivity contribution in [1.82, 2.24) is 25.1 Å². The SMILES string of the molecule is COc1ccc(-n2nnnc2SCC(=O)N(C)Cc2ccccc2C)cc1. The van der Waals surface area contributed by atoms with Crippen LogP contribution < -0.4 is 4.74 Å². The van der Waals surface area contributed by atoms with Gasteiger partial charge in [0, 0.05) is 13.6 Å². The number of rotatable bonds is 7. The Morgan fingerprint density at radius 2 is 1.93 bits per heavy atom. The van der Waals surface area contributed by atoms with E-state index in [0.29, 0.717) is 11.7 Å². The van der Waals surface area contributed by atoms with Gasteiger partial charge < -0.3 is 9.64 Å². The summed E-state index contributed by atoms with van der Waals surface area (Å²) in [4.78, 5) is 14.2. The van der Waals surface area contributed by atoms with Crippen LogP contribution in [0.1, 0.15) is 11.1 Å². The van der Waals surface area contributed by atoms with E-state index >= 15 is 0 Å². The minimum Gasteiger partial charge on any atom is -0.497 e. The first-order chi connectivity index (χ1) is 13.1. The number of hydrogen-bond donors (Lipinski definition) is 0. The number of aryl methyl sites for hydroxylation is 1. The second-order valence-corrected chi connectivity index (χ2v) is 6.98. The molecular formula is C19H21N5O2S. The Bertz CT molecular complexity index is 910. The Hall–Kier alpha value is -2.87. The highest BCUT2D eigenvalue weighted by atomic mass is 32.2. The molecule has 0 aliphatic rings. The number of amides is 1. The summed E-state index contributed by atoms with van der Waals surface area (Å²) in [5.74, 6) is 1.04. The lowest BCUT2D eigenvalue weighted by atomic mass is 10.1. The van der Waals surface area contributed by atoms with Crippen LogP contribution in [0.2, 0.25) is 0 Å². The van der Waals surface area contributed by atoms with Crippen LogP contribution in [-0.2, 0) is 11.3 Å². The molecule has 0 bridgehead atoms. The minimum atomic E-state index is 0.0209. The number of methoxy groups -OCH3 is 1. The van der Waals surface area contributed by atoms with Crippen molar-refractivity contribution in [3.8, 4) is 11.4 Å². The van der Waals surface area contributed by atoms with E-state index in [0.717, 1.165) is 17.0 Å². The van der Waals surface area contributed by atoms with Gasteiger partial charge in [0.15, 0.2) is 0 Å². The number of carbonyl (C=O) groups is 1. The third-order valence-corrected chi connectivity index (χ3v) is 5.08. The molecule has 27 heavy (non-hydrogen) atoms. The van der Waals surface area contributed by atoms with Gasteiger partial charge >= 0.3 is 0 Å². The van der Waals surface area contributed by atoms with E-state index in [1.54, 1.807) is 16.7 Å². The maximum absolute atomic E-state index is 12.5. The lowest BCUT2D eigenvalue weighted by molar-refractivity contribution is -0.127. The Morgan fingerprint density at radius 3 is 2.63 bits per heavy atom.